The molecule has 1 aromatic carbocycles. The van der Waals surface area contributed by atoms with Crippen LogP contribution in [0.1, 0.15) is 56.7 Å². The average molecular weight is 319 g/mol. The lowest BCUT2D eigenvalue weighted by molar-refractivity contribution is 0.0967. The zero-order valence-electron chi connectivity index (χ0n) is 12.9. The third-order valence-corrected chi connectivity index (χ3v) is 5.36. The van der Waals surface area contributed by atoms with Gasteiger partial charge in [0.1, 0.15) is 5.82 Å². The molecule has 1 saturated heterocycles. The first-order valence-electron chi connectivity index (χ1n) is 8.58. The van der Waals surface area contributed by atoms with Crippen molar-refractivity contribution < 1.29 is 4.74 Å². The van der Waals surface area contributed by atoms with Crippen molar-refractivity contribution in [2.45, 2.75) is 63.5 Å². The molecule has 4 heteroatoms. The van der Waals surface area contributed by atoms with Gasteiger partial charge in [0, 0.05) is 17.5 Å². The third-order valence-electron chi connectivity index (χ3n) is 5.12. The lowest BCUT2D eigenvalue weighted by Crippen LogP contribution is -2.19. The molecular formula is C18H23ClN2O. The molecule has 0 amide bonds. The lowest BCUT2D eigenvalue weighted by Gasteiger charge is -2.23. The highest BCUT2D eigenvalue weighted by Crippen LogP contribution is 2.35. The first-order valence-corrected chi connectivity index (χ1v) is 8.96. The van der Waals surface area contributed by atoms with Gasteiger partial charge in [-0.05, 0) is 43.9 Å². The summed E-state index contributed by atoms with van der Waals surface area (Å²) < 4.78 is 8.26. The van der Waals surface area contributed by atoms with Crippen molar-refractivity contribution in [1.82, 2.24) is 9.55 Å². The fourth-order valence-electron chi connectivity index (χ4n) is 3.97. The monoisotopic (exact) mass is 318 g/mol. The van der Waals surface area contributed by atoms with E-state index in [0.29, 0.717) is 12.0 Å². The molecule has 2 aliphatic rings. The molecule has 2 heterocycles. The minimum absolute atomic E-state index is 0.332. The largest absolute Gasteiger partial charge is 0.376 e. The number of hydrogen-bond donors (Lipinski definition) is 0. The molecular weight excluding hydrogens is 296 g/mol. The van der Waals surface area contributed by atoms with E-state index in [1.807, 2.05) is 6.07 Å². The molecule has 1 unspecified atom stereocenters. The summed E-state index contributed by atoms with van der Waals surface area (Å²) >= 11 is 6.23. The number of halogens is 1. The molecule has 118 valence electrons. The van der Waals surface area contributed by atoms with Crippen LogP contribution in [0.25, 0.3) is 11.0 Å². The van der Waals surface area contributed by atoms with Gasteiger partial charge in [0.25, 0.3) is 0 Å². The van der Waals surface area contributed by atoms with Crippen molar-refractivity contribution in [3.63, 3.8) is 0 Å². The van der Waals surface area contributed by atoms with Crippen LogP contribution in [-0.2, 0) is 11.3 Å². The molecule has 22 heavy (non-hydrogen) atoms. The lowest BCUT2D eigenvalue weighted by atomic mass is 9.88. The van der Waals surface area contributed by atoms with Crippen molar-refractivity contribution in [1.29, 1.82) is 0 Å². The van der Waals surface area contributed by atoms with Gasteiger partial charge in [0.2, 0.25) is 0 Å². The van der Waals surface area contributed by atoms with Gasteiger partial charge in [-0.1, -0.05) is 30.9 Å². The van der Waals surface area contributed by atoms with E-state index in [0.717, 1.165) is 30.1 Å². The zero-order chi connectivity index (χ0) is 14.9. The number of hydrogen-bond acceptors (Lipinski definition) is 2. The maximum Gasteiger partial charge on any atom is 0.113 e. The average Bonchev–Trinajstić information content (AvgIpc) is 3.17. The van der Waals surface area contributed by atoms with Gasteiger partial charge in [0.15, 0.2) is 0 Å². The minimum Gasteiger partial charge on any atom is -0.376 e. The van der Waals surface area contributed by atoms with Crippen LogP contribution in [0.4, 0.5) is 0 Å². The Kier molecular flexibility index (Phi) is 4.10. The smallest absolute Gasteiger partial charge is 0.113 e. The Hall–Kier alpha value is -1.06. The number of aromatic nitrogens is 2. The topological polar surface area (TPSA) is 27.1 Å². The Morgan fingerprint density at radius 2 is 2.00 bits per heavy atom. The van der Waals surface area contributed by atoms with Crippen LogP contribution in [-0.4, -0.2) is 22.3 Å². The van der Waals surface area contributed by atoms with Gasteiger partial charge in [-0.3, -0.25) is 0 Å². The van der Waals surface area contributed by atoms with E-state index in [-0.39, 0.29) is 0 Å². The minimum atomic E-state index is 0.332. The van der Waals surface area contributed by atoms with Crippen LogP contribution in [0.3, 0.4) is 0 Å². The summed E-state index contributed by atoms with van der Waals surface area (Å²) in [4.78, 5) is 4.97. The van der Waals surface area contributed by atoms with Gasteiger partial charge in [-0.2, -0.15) is 0 Å². The van der Waals surface area contributed by atoms with Crippen LogP contribution in [0.15, 0.2) is 18.2 Å². The van der Waals surface area contributed by atoms with Gasteiger partial charge >= 0.3 is 0 Å². The Bertz CT molecular complexity index is 654. The number of rotatable bonds is 3. The van der Waals surface area contributed by atoms with E-state index in [4.69, 9.17) is 21.3 Å². The molecule has 1 aliphatic carbocycles. The first-order chi connectivity index (χ1) is 10.8. The number of fused-ring (bicyclic) bond motifs is 1. The number of imidazole rings is 1. The molecule has 1 aliphatic heterocycles. The Morgan fingerprint density at radius 1 is 1.14 bits per heavy atom. The highest BCUT2D eigenvalue weighted by molar-refractivity contribution is 6.31. The summed E-state index contributed by atoms with van der Waals surface area (Å²) in [7, 11) is 0. The predicted molar refractivity (Wildman–Crippen MR) is 89.5 cm³/mol. The van der Waals surface area contributed by atoms with Gasteiger partial charge in [0.05, 0.1) is 23.7 Å². The first kappa shape index (κ1) is 14.5. The number of nitrogens with zero attached hydrogens (tertiary/aromatic N) is 2. The molecule has 0 N–H and O–H groups in total. The standard InChI is InChI=1S/C18H23ClN2O/c19-14-8-9-16-17(11-14)21(12-15-7-4-10-22-15)18(20-16)13-5-2-1-3-6-13/h8-9,11,13,15H,1-7,10,12H2. The van der Waals surface area contributed by atoms with Crippen LogP contribution >= 0.6 is 11.6 Å². The quantitative estimate of drug-likeness (QED) is 0.803. The van der Waals surface area contributed by atoms with E-state index in [1.54, 1.807) is 0 Å². The van der Waals surface area contributed by atoms with E-state index < -0.39 is 0 Å². The third kappa shape index (κ3) is 2.77. The van der Waals surface area contributed by atoms with Crippen molar-refractivity contribution in [3.8, 4) is 0 Å². The van der Waals surface area contributed by atoms with Crippen LogP contribution in [0.5, 0.6) is 0 Å². The Balaban J connectivity index is 1.75. The maximum absolute atomic E-state index is 6.23. The molecule has 0 radical (unpaired) electrons. The highest BCUT2D eigenvalue weighted by Gasteiger charge is 2.25. The van der Waals surface area contributed by atoms with Crippen molar-refractivity contribution >= 4 is 22.6 Å². The van der Waals surface area contributed by atoms with Crippen LogP contribution in [0, 0.1) is 0 Å². The summed E-state index contributed by atoms with van der Waals surface area (Å²) in [5, 5.41) is 0.788. The summed E-state index contributed by atoms with van der Waals surface area (Å²) in [6, 6.07) is 6.05. The van der Waals surface area contributed by atoms with Crippen LogP contribution < -0.4 is 0 Å². The second-order valence-corrected chi connectivity index (χ2v) is 7.12. The second kappa shape index (κ2) is 6.21. The molecule has 1 saturated carbocycles. The van der Waals surface area contributed by atoms with Crippen molar-refractivity contribution in [2.24, 2.45) is 0 Å². The predicted octanol–water partition coefficient (Wildman–Crippen LogP) is 4.92. The van der Waals surface area contributed by atoms with Gasteiger partial charge in [-0.25, -0.2) is 4.98 Å². The molecule has 0 spiro atoms. The van der Waals surface area contributed by atoms with Gasteiger partial charge < -0.3 is 9.30 Å². The molecule has 3 nitrogen and oxygen atoms in total. The summed E-state index contributed by atoms with van der Waals surface area (Å²) in [6.45, 7) is 1.82. The van der Waals surface area contributed by atoms with E-state index in [2.05, 4.69) is 16.7 Å². The van der Waals surface area contributed by atoms with E-state index >= 15 is 0 Å². The fraction of sp³-hybridized carbons (Fsp3) is 0.611. The zero-order valence-corrected chi connectivity index (χ0v) is 13.7. The molecule has 2 aromatic rings. The molecule has 0 bridgehead atoms. The fourth-order valence-corrected chi connectivity index (χ4v) is 4.14. The van der Waals surface area contributed by atoms with E-state index in [1.165, 1.54) is 49.9 Å². The van der Waals surface area contributed by atoms with Gasteiger partial charge in [-0.15, -0.1) is 0 Å². The van der Waals surface area contributed by atoms with E-state index in [9.17, 15) is 0 Å². The van der Waals surface area contributed by atoms with Crippen molar-refractivity contribution in [2.75, 3.05) is 6.61 Å². The summed E-state index contributed by atoms with van der Waals surface area (Å²) in [5.41, 5.74) is 2.24. The summed E-state index contributed by atoms with van der Waals surface area (Å²) in [6.07, 6.45) is 9.22. The molecule has 2 fully saturated rings. The Morgan fingerprint density at radius 3 is 2.77 bits per heavy atom. The highest BCUT2D eigenvalue weighted by atomic mass is 35.5. The SMILES string of the molecule is Clc1ccc2nc(C3CCCCC3)n(CC3CCCO3)c2c1. The molecule has 4 rings (SSSR count). The number of ether oxygens (including phenoxy) is 1. The summed E-state index contributed by atoms with van der Waals surface area (Å²) in [5.74, 6) is 1.86. The normalized spacial score (nSPS) is 23.4. The molecule has 1 atom stereocenters. The second-order valence-electron chi connectivity index (χ2n) is 6.68. The molecule has 1 aromatic heterocycles. The van der Waals surface area contributed by atoms with Crippen molar-refractivity contribution in [3.05, 3.63) is 29.0 Å². The van der Waals surface area contributed by atoms with Crippen LogP contribution in [0.2, 0.25) is 5.02 Å². The maximum atomic E-state index is 6.23. The number of benzene rings is 1. The Labute approximate surface area is 136 Å².